The number of hydrogen-bond donors (Lipinski definition) is 1. The highest BCUT2D eigenvalue weighted by molar-refractivity contribution is 7.80. The summed E-state index contributed by atoms with van der Waals surface area (Å²) in [7, 11) is 3.26. The van der Waals surface area contributed by atoms with Crippen LogP contribution < -0.4 is 14.8 Å². The van der Waals surface area contributed by atoms with Crippen LogP contribution in [0.15, 0.2) is 30.9 Å². The first-order valence-corrected chi connectivity index (χ1v) is 6.91. The molecule has 0 aliphatic heterocycles. The minimum Gasteiger partial charge on any atom is -0.493 e. The molecule has 0 bridgehead atoms. The fraction of sp³-hybridized carbons (Fsp3) is 0.400. The summed E-state index contributed by atoms with van der Waals surface area (Å²) in [6.45, 7) is 7.97. The van der Waals surface area contributed by atoms with Gasteiger partial charge in [-0.1, -0.05) is 12.1 Å². The SMILES string of the molecule is C=CCNC(=S)N(CC)Cc1ccc(OC)c(OC)c1. The van der Waals surface area contributed by atoms with E-state index in [1.165, 1.54) is 0 Å². The number of nitrogens with one attached hydrogen (secondary N) is 1. The van der Waals surface area contributed by atoms with Crippen LogP contribution in [0.2, 0.25) is 0 Å². The molecule has 1 rings (SSSR count). The number of benzene rings is 1. The summed E-state index contributed by atoms with van der Waals surface area (Å²) < 4.78 is 10.5. The molecule has 1 aromatic carbocycles. The van der Waals surface area contributed by atoms with Crippen molar-refractivity contribution in [2.75, 3.05) is 27.3 Å². The number of hydrogen-bond acceptors (Lipinski definition) is 3. The van der Waals surface area contributed by atoms with Crippen LogP contribution in [0.4, 0.5) is 0 Å². The molecule has 0 heterocycles. The maximum absolute atomic E-state index is 5.36. The van der Waals surface area contributed by atoms with Gasteiger partial charge < -0.3 is 19.7 Å². The molecule has 0 atom stereocenters. The molecule has 0 saturated heterocycles. The monoisotopic (exact) mass is 294 g/mol. The van der Waals surface area contributed by atoms with Gasteiger partial charge in [-0.3, -0.25) is 0 Å². The maximum atomic E-state index is 5.36. The van der Waals surface area contributed by atoms with Gasteiger partial charge in [0.05, 0.1) is 14.2 Å². The maximum Gasteiger partial charge on any atom is 0.169 e. The van der Waals surface area contributed by atoms with E-state index >= 15 is 0 Å². The second-order valence-corrected chi connectivity index (χ2v) is 4.56. The molecule has 20 heavy (non-hydrogen) atoms. The molecule has 0 radical (unpaired) electrons. The van der Waals surface area contributed by atoms with Crippen LogP contribution in [0.1, 0.15) is 12.5 Å². The van der Waals surface area contributed by atoms with E-state index in [9.17, 15) is 0 Å². The Balaban J connectivity index is 2.79. The smallest absolute Gasteiger partial charge is 0.169 e. The molecule has 0 fully saturated rings. The first-order chi connectivity index (χ1) is 9.65. The minimum atomic E-state index is 0.668. The summed E-state index contributed by atoms with van der Waals surface area (Å²) in [6, 6.07) is 5.89. The van der Waals surface area contributed by atoms with Gasteiger partial charge in [0.15, 0.2) is 16.6 Å². The van der Waals surface area contributed by atoms with Crippen LogP contribution in [0.5, 0.6) is 11.5 Å². The van der Waals surface area contributed by atoms with Crippen LogP contribution in [-0.4, -0.2) is 37.3 Å². The molecule has 1 aromatic rings. The van der Waals surface area contributed by atoms with Gasteiger partial charge in [-0.25, -0.2) is 0 Å². The highest BCUT2D eigenvalue weighted by Crippen LogP contribution is 2.28. The van der Waals surface area contributed by atoms with Gasteiger partial charge in [0, 0.05) is 19.6 Å². The third kappa shape index (κ3) is 4.42. The van der Waals surface area contributed by atoms with Crippen molar-refractivity contribution in [2.45, 2.75) is 13.5 Å². The van der Waals surface area contributed by atoms with E-state index in [1.807, 2.05) is 18.2 Å². The first-order valence-electron chi connectivity index (χ1n) is 6.50. The average Bonchev–Trinajstić information content (AvgIpc) is 2.49. The second-order valence-electron chi connectivity index (χ2n) is 4.18. The minimum absolute atomic E-state index is 0.668. The molecule has 4 nitrogen and oxygen atoms in total. The van der Waals surface area contributed by atoms with Gasteiger partial charge in [-0.05, 0) is 36.8 Å². The van der Waals surface area contributed by atoms with E-state index < -0.39 is 0 Å². The van der Waals surface area contributed by atoms with Crippen LogP contribution >= 0.6 is 12.2 Å². The van der Waals surface area contributed by atoms with Crippen molar-refractivity contribution in [2.24, 2.45) is 0 Å². The number of nitrogens with zero attached hydrogens (tertiary/aromatic N) is 1. The molecule has 0 spiro atoms. The Labute approximate surface area is 126 Å². The van der Waals surface area contributed by atoms with Crippen molar-refractivity contribution in [3.05, 3.63) is 36.4 Å². The predicted molar refractivity (Wildman–Crippen MR) is 86.4 cm³/mol. The zero-order valence-electron chi connectivity index (χ0n) is 12.3. The number of ether oxygens (including phenoxy) is 2. The van der Waals surface area contributed by atoms with Gasteiger partial charge in [0.1, 0.15) is 0 Å². The Hall–Kier alpha value is -1.75. The van der Waals surface area contributed by atoms with Crippen molar-refractivity contribution in [1.82, 2.24) is 10.2 Å². The van der Waals surface area contributed by atoms with Crippen LogP contribution in [0.25, 0.3) is 0 Å². The summed E-state index contributed by atoms with van der Waals surface area (Å²) in [6.07, 6.45) is 1.79. The topological polar surface area (TPSA) is 33.7 Å². The molecule has 110 valence electrons. The van der Waals surface area contributed by atoms with Crippen LogP contribution in [-0.2, 0) is 6.54 Å². The Kier molecular flexibility index (Phi) is 6.87. The molecule has 0 aliphatic rings. The lowest BCUT2D eigenvalue weighted by Crippen LogP contribution is -2.39. The largest absolute Gasteiger partial charge is 0.493 e. The number of methoxy groups -OCH3 is 2. The lowest BCUT2D eigenvalue weighted by molar-refractivity contribution is 0.353. The van der Waals surface area contributed by atoms with E-state index in [4.69, 9.17) is 21.7 Å². The van der Waals surface area contributed by atoms with E-state index in [-0.39, 0.29) is 0 Å². The third-order valence-electron chi connectivity index (χ3n) is 2.89. The summed E-state index contributed by atoms with van der Waals surface area (Å²) in [5.41, 5.74) is 1.12. The normalized spacial score (nSPS) is 9.75. The molecule has 0 amide bonds. The third-order valence-corrected chi connectivity index (χ3v) is 3.29. The van der Waals surface area contributed by atoms with E-state index in [0.29, 0.717) is 6.54 Å². The summed E-state index contributed by atoms with van der Waals surface area (Å²) in [4.78, 5) is 2.08. The molecule has 1 N–H and O–H groups in total. The summed E-state index contributed by atoms with van der Waals surface area (Å²) in [5, 5.41) is 3.86. The van der Waals surface area contributed by atoms with Gasteiger partial charge in [0.25, 0.3) is 0 Å². The average molecular weight is 294 g/mol. The molecule has 0 saturated carbocycles. The predicted octanol–water partition coefficient (Wildman–Crippen LogP) is 2.59. The standard InChI is InChI=1S/C15H22N2O2S/c1-5-9-16-15(20)17(6-2)11-12-7-8-13(18-3)14(10-12)19-4/h5,7-8,10H,1,6,9,11H2,2-4H3,(H,16,20). The fourth-order valence-corrected chi connectivity index (χ4v) is 2.07. The zero-order chi connectivity index (χ0) is 15.0. The summed E-state index contributed by atoms with van der Waals surface area (Å²) in [5.74, 6) is 1.46. The fourth-order valence-electron chi connectivity index (χ4n) is 1.80. The lowest BCUT2D eigenvalue weighted by Gasteiger charge is -2.24. The molecule has 0 aromatic heterocycles. The van der Waals surface area contributed by atoms with Crippen molar-refractivity contribution >= 4 is 17.3 Å². The van der Waals surface area contributed by atoms with Crippen molar-refractivity contribution in [1.29, 1.82) is 0 Å². The van der Waals surface area contributed by atoms with Gasteiger partial charge in [0.2, 0.25) is 0 Å². The molecule has 0 aliphatic carbocycles. The Morgan fingerprint density at radius 2 is 2.05 bits per heavy atom. The van der Waals surface area contributed by atoms with Gasteiger partial charge in [-0.15, -0.1) is 6.58 Å². The summed E-state index contributed by atoms with van der Waals surface area (Å²) >= 11 is 5.36. The molecule has 0 unspecified atom stereocenters. The Morgan fingerprint density at radius 3 is 2.60 bits per heavy atom. The van der Waals surface area contributed by atoms with Crippen molar-refractivity contribution in [3.8, 4) is 11.5 Å². The van der Waals surface area contributed by atoms with Crippen molar-refractivity contribution in [3.63, 3.8) is 0 Å². The first kappa shape index (κ1) is 16.3. The molecular formula is C15H22N2O2S. The van der Waals surface area contributed by atoms with Crippen LogP contribution in [0, 0.1) is 0 Å². The molecule has 5 heteroatoms. The quantitative estimate of drug-likeness (QED) is 0.617. The Morgan fingerprint density at radius 1 is 1.35 bits per heavy atom. The molecular weight excluding hydrogens is 272 g/mol. The van der Waals surface area contributed by atoms with Gasteiger partial charge >= 0.3 is 0 Å². The van der Waals surface area contributed by atoms with Gasteiger partial charge in [-0.2, -0.15) is 0 Å². The second kappa shape index (κ2) is 8.43. The van der Waals surface area contributed by atoms with E-state index in [2.05, 4.69) is 23.7 Å². The number of thiocarbonyl (C=S) groups is 1. The van der Waals surface area contributed by atoms with Crippen LogP contribution in [0.3, 0.4) is 0 Å². The highest BCUT2D eigenvalue weighted by atomic mass is 32.1. The Bertz CT molecular complexity index is 463. The van der Waals surface area contributed by atoms with E-state index in [1.54, 1.807) is 20.3 Å². The highest BCUT2D eigenvalue weighted by Gasteiger charge is 2.10. The van der Waals surface area contributed by atoms with E-state index in [0.717, 1.165) is 35.3 Å². The van der Waals surface area contributed by atoms with Crippen molar-refractivity contribution < 1.29 is 9.47 Å². The number of rotatable bonds is 7. The zero-order valence-corrected chi connectivity index (χ0v) is 13.1. The lowest BCUT2D eigenvalue weighted by atomic mass is 10.2.